The Labute approximate surface area is 78.9 Å². The second-order valence-electron chi connectivity index (χ2n) is 3.31. The summed E-state index contributed by atoms with van der Waals surface area (Å²) in [7, 11) is 0. The molecule has 0 amide bonds. The van der Waals surface area contributed by atoms with E-state index in [1.54, 1.807) is 0 Å². The van der Waals surface area contributed by atoms with Gasteiger partial charge in [0.25, 0.3) is 0 Å². The van der Waals surface area contributed by atoms with Gasteiger partial charge in [0.15, 0.2) is 0 Å². The number of nitrogens with zero attached hydrogens (tertiary/aromatic N) is 1. The van der Waals surface area contributed by atoms with E-state index in [1.807, 2.05) is 6.07 Å². The number of benzene rings is 1. The fourth-order valence-electron chi connectivity index (χ4n) is 1.57. The smallest absolute Gasteiger partial charge is 0.0757 e. The van der Waals surface area contributed by atoms with Crippen LogP contribution in [0.2, 0.25) is 0 Å². The van der Waals surface area contributed by atoms with Crippen LogP contribution in [0.1, 0.15) is 5.56 Å². The van der Waals surface area contributed by atoms with Crippen molar-refractivity contribution < 1.29 is 4.74 Å². The zero-order valence-electron chi connectivity index (χ0n) is 7.65. The van der Waals surface area contributed by atoms with Crippen LogP contribution in [0.4, 0.5) is 0 Å². The number of hydrogen-bond acceptors (Lipinski definition) is 1. The van der Waals surface area contributed by atoms with Gasteiger partial charge >= 0.3 is 0 Å². The van der Waals surface area contributed by atoms with Gasteiger partial charge in [0.05, 0.1) is 12.7 Å². The van der Waals surface area contributed by atoms with Crippen LogP contribution in [-0.2, 0) is 11.2 Å². The first-order chi connectivity index (χ1) is 6.45. The van der Waals surface area contributed by atoms with E-state index in [2.05, 4.69) is 29.6 Å². The van der Waals surface area contributed by atoms with Crippen LogP contribution in [0, 0.1) is 0 Å². The van der Waals surface area contributed by atoms with Gasteiger partial charge in [-0.25, -0.2) is 5.32 Å². The Balaban J connectivity index is 1.90. The van der Waals surface area contributed by atoms with Gasteiger partial charge in [-0.2, -0.15) is 0 Å². The highest BCUT2D eigenvalue weighted by Gasteiger charge is 2.13. The third kappa shape index (κ3) is 2.54. The van der Waals surface area contributed by atoms with Gasteiger partial charge in [-0.05, 0) is 12.0 Å². The fourth-order valence-corrected chi connectivity index (χ4v) is 1.57. The normalized spacial score (nSPS) is 22.9. The molecule has 1 heterocycles. The second kappa shape index (κ2) is 4.40. The highest BCUT2D eigenvalue weighted by Crippen LogP contribution is 2.07. The summed E-state index contributed by atoms with van der Waals surface area (Å²) in [5.41, 5.74) is 1.34. The highest BCUT2D eigenvalue weighted by molar-refractivity contribution is 5.15. The van der Waals surface area contributed by atoms with E-state index in [0.29, 0.717) is 6.10 Å². The van der Waals surface area contributed by atoms with E-state index in [0.717, 1.165) is 26.1 Å². The molecule has 1 saturated heterocycles. The summed E-state index contributed by atoms with van der Waals surface area (Å²) in [5, 5.41) is 4.33. The molecule has 0 saturated carbocycles. The molecule has 1 aliphatic heterocycles. The van der Waals surface area contributed by atoms with Crippen molar-refractivity contribution in [2.75, 3.05) is 19.7 Å². The Kier molecular flexibility index (Phi) is 2.95. The molecule has 1 fully saturated rings. The van der Waals surface area contributed by atoms with Crippen molar-refractivity contribution in [2.45, 2.75) is 12.5 Å². The minimum atomic E-state index is 0.302. The van der Waals surface area contributed by atoms with Crippen LogP contribution in [0.25, 0.3) is 0 Å². The van der Waals surface area contributed by atoms with E-state index in [9.17, 15) is 0 Å². The van der Waals surface area contributed by atoms with Crippen LogP contribution >= 0.6 is 0 Å². The van der Waals surface area contributed by atoms with Crippen molar-refractivity contribution in [1.29, 1.82) is 0 Å². The Morgan fingerprint density at radius 3 is 2.85 bits per heavy atom. The van der Waals surface area contributed by atoms with Crippen LogP contribution in [0.3, 0.4) is 0 Å². The summed E-state index contributed by atoms with van der Waals surface area (Å²) < 4.78 is 5.59. The third-order valence-electron chi connectivity index (χ3n) is 2.24. The minimum Gasteiger partial charge on any atom is -0.375 e. The molecule has 1 radical (unpaired) electrons. The van der Waals surface area contributed by atoms with E-state index in [-0.39, 0.29) is 0 Å². The first-order valence-electron chi connectivity index (χ1n) is 4.74. The van der Waals surface area contributed by atoms with Crippen molar-refractivity contribution in [2.24, 2.45) is 0 Å². The second-order valence-corrected chi connectivity index (χ2v) is 3.31. The van der Waals surface area contributed by atoms with Crippen LogP contribution < -0.4 is 5.32 Å². The highest BCUT2D eigenvalue weighted by atomic mass is 16.5. The maximum atomic E-state index is 5.59. The SMILES string of the molecule is c1ccc(C[C@H]2C[N]CCO2)cc1. The molecule has 1 aromatic rings. The Morgan fingerprint density at radius 2 is 2.15 bits per heavy atom. The van der Waals surface area contributed by atoms with Crippen molar-refractivity contribution in [3.05, 3.63) is 35.9 Å². The van der Waals surface area contributed by atoms with Crippen molar-refractivity contribution in [1.82, 2.24) is 5.32 Å². The summed E-state index contributed by atoms with van der Waals surface area (Å²) in [5.74, 6) is 0. The van der Waals surface area contributed by atoms with Gasteiger partial charge in [0.1, 0.15) is 0 Å². The molecule has 0 unspecified atom stereocenters. The molecular weight excluding hydrogens is 162 g/mol. The average molecular weight is 176 g/mol. The number of ether oxygens (including phenoxy) is 1. The van der Waals surface area contributed by atoms with Gasteiger partial charge < -0.3 is 4.74 Å². The lowest BCUT2D eigenvalue weighted by molar-refractivity contribution is 0.0276. The quantitative estimate of drug-likeness (QED) is 0.664. The van der Waals surface area contributed by atoms with Gasteiger partial charge in [-0.1, -0.05) is 30.3 Å². The molecule has 1 aromatic carbocycles. The van der Waals surface area contributed by atoms with Crippen molar-refractivity contribution in [3.63, 3.8) is 0 Å². The molecule has 69 valence electrons. The van der Waals surface area contributed by atoms with Gasteiger partial charge in [-0.3, -0.25) is 0 Å². The predicted molar refractivity (Wildman–Crippen MR) is 51.8 cm³/mol. The Hall–Kier alpha value is -0.860. The summed E-state index contributed by atoms with van der Waals surface area (Å²) in [6, 6.07) is 10.4. The molecule has 0 bridgehead atoms. The summed E-state index contributed by atoms with van der Waals surface area (Å²) in [6.45, 7) is 2.51. The first kappa shape index (κ1) is 8.73. The fraction of sp³-hybridized carbons (Fsp3) is 0.455. The minimum absolute atomic E-state index is 0.302. The molecule has 0 aromatic heterocycles. The molecule has 2 heteroatoms. The number of rotatable bonds is 2. The van der Waals surface area contributed by atoms with Crippen molar-refractivity contribution in [3.8, 4) is 0 Å². The van der Waals surface area contributed by atoms with Gasteiger partial charge in [-0.15, -0.1) is 0 Å². The molecule has 0 aliphatic carbocycles. The zero-order chi connectivity index (χ0) is 8.93. The molecule has 0 N–H and O–H groups in total. The summed E-state index contributed by atoms with van der Waals surface area (Å²) in [4.78, 5) is 0. The lowest BCUT2D eigenvalue weighted by Crippen LogP contribution is -2.35. The average Bonchev–Trinajstić information content (AvgIpc) is 2.21. The Morgan fingerprint density at radius 1 is 1.31 bits per heavy atom. The molecule has 1 aliphatic rings. The molecule has 0 spiro atoms. The summed E-state index contributed by atoms with van der Waals surface area (Å²) in [6.07, 6.45) is 1.29. The lowest BCUT2D eigenvalue weighted by Gasteiger charge is -2.22. The largest absolute Gasteiger partial charge is 0.375 e. The monoisotopic (exact) mass is 176 g/mol. The topological polar surface area (TPSA) is 23.3 Å². The first-order valence-corrected chi connectivity index (χ1v) is 4.74. The predicted octanol–water partition coefficient (Wildman–Crippen LogP) is 1.23. The van der Waals surface area contributed by atoms with E-state index < -0.39 is 0 Å². The van der Waals surface area contributed by atoms with Crippen LogP contribution in [0.15, 0.2) is 30.3 Å². The molecule has 2 nitrogen and oxygen atoms in total. The standard InChI is InChI=1S/C11H14NO/c1-2-4-10(5-3-1)8-11-9-12-6-7-13-11/h1-5,11H,6-9H2/t11-/m0/s1. The lowest BCUT2D eigenvalue weighted by atomic mass is 10.1. The molecule has 1 atom stereocenters. The molecular formula is C11H14NO. The van der Waals surface area contributed by atoms with Gasteiger partial charge in [0, 0.05) is 13.1 Å². The van der Waals surface area contributed by atoms with E-state index >= 15 is 0 Å². The molecule has 13 heavy (non-hydrogen) atoms. The van der Waals surface area contributed by atoms with Crippen molar-refractivity contribution >= 4 is 0 Å². The number of hydrogen-bond donors (Lipinski definition) is 0. The maximum absolute atomic E-state index is 5.59. The van der Waals surface area contributed by atoms with Gasteiger partial charge in [0.2, 0.25) is 0 Å². The van der Waals surface area contributed by atoms with Crippen LogP contribution in [-0.4, -0.2) is 25.8 Å². The number of morpholine rings is 1. The van der Waals surface area contributed by atoms with E-state index in [1.165, 1.54) is 5.56 Å². The van der Waals surface area contributed by atoms with E-state index in [4.69, 9.17) is 4.74 Å². The van der Waals surface area contributed by atoms with Crippen LogP contribution in [0.5, 0.6) is 0 Å². The third-order valence-corrected chi connectivity index (χ3v) is 2.24. The molecule has 2 rings (SSSR count). The Bertz CT molecular complexity index is 242. The maximum Gasteiger partial charge on any atom is 0.0757 e. The zero-order valence-corrected chi connectivity index (χ0v) is 7.65. The summed E-state index contributed by atoms with van der Waals surface area (Å²) >= 11 is 0.